The number of hydrogen-bond acceptors (Lipinski definition) is 2. The lowest BCUT2D eigenvalue weighted by Gasteiger charge is -2.16. The zero-order valence-electron chi connectivity index (χ0n) is 11.4. The lowest BCUT2D eigenvalue weighted by Crippen LogP contribution is -2.26. The molecule has 0 aliphatic heterocycles. The van der Waals surface area contributed by atoms with Crippen LogP contribution in [0.2, 0.25) is 5.02 Å². The van der Waals surface area contributed by atoms with E-state index < -0.39 is 0 Å². The molecule has 0 fully saturated rings. The molecule has 2 rings (SSSR count). The van der Waals surface area contributed by atoms with Crippen molar-refractivity contribution in [1.82, 2.24) is 5.32 Å². The number of halogens is 1. The second-order valence-corrected chi connectivity index (χ2v) is 5.14. The Morgan fingerprint density at radius 2 is 1.95 bits per heavy atom. The third-order valence-electron chi connectivity index (χ3n) is 3.12. The highest BCUT2D eigenvalue weighted by Crippen LogP contribution is 2.24. The van der Waals surface area contributed by atoms with E-state index in [4.69, 9.17) is 11.6 Å². The third-order valence-corrected chi connectivity index (χ3v) is 3.46. The minimum atomic E-state index is -0.324. The van der Waals surface area contributed by atoms with Gasteiger partial charge >= 0.3 is 0 Å². The monoisotopic (exact) mass is 289 g/mol. The smallest absolute Gasteiger partial charge is 0.255 e. The van der Waals surface area contributed by atoms with Gasteiger partial charge in [-0.1, -0.05) is 35.9 Å². The van der Waals surface area contributed by atoms with E-state index in [0.29, 0.717) is 5.02 Å². The van der Waals surface area contributed by atoms with Crippen LogP contribution in [0.5, 0.6) is 5.75 Å². The molecule has 1 amide bonds. The first kappa shape index (κ1) is 14.4. The van der Waals surface area contributed by atoms with E-state index in [1.165, 1.54) is 0 Å². The summed E-state index contributed by atoms with van der Waals surface area (Å²) in [6.07, 6.45) is 0. The Balaban J connectivity index is 2.17. The first-order valence-electron chi connectivity index (χ1n) is 6.34. The summed E-state index contributed by atoms with van der Waals surface area (Å²) in [5.41, 5.74) is 2.00. The molecule has 0 aliphatic rings. The van der Waals surface area contributed by atoms with E-state index >= 15 is 0 Å². The topological polar surface area (TPSA) is 49.3 Å². The summed E-state index contributed by atoms with van der Waals surface area (Å²) < 4.78 is 0. The Morgan fingerprint density at radius 1 is 1.25 bits per heavy atom. The fourth-order valence-electron chi connectivity index (χ4n) is 2.01. The molecule has 1 unspecified atom stereocenters. The average molecular weight is 290 g/mol. The summed E-state index contributed by atoms with van der Waals surface area (Å²) in [6, 6.07) is 12.1. The van der Waals surface area contributed by atoms with Crippen LogP contribution in [0.1, 0.15) is 34.5 Å². The maximum absolute atomic E-state index is 12.2. The summed E-state index contributed by atoms with van der Waals surface area (Å²) in [5.74, 6) is -0.344. The van der Waals surface area contributed by atoms with Gasteiger partial charge in [0.2, 0.25) is 0 Å². The van der Waals surface area contributed by atoms with E-state index in [2.05, 4.69) is 5.32 Å². The van der Waals surface area contributed by atoms with Crippen molar-refractivity contribution >= 4 is 17.5 Å². The van der Waals surface area contributed by atoms with Crippen molar-refractivity contribution in [3.05, 3.63) is 64.2 Å². The molecular weight excluding hydrogens is 274 g/mol. The molecule has 0 aromatic heterocycles. The highest BCUT2D eigenvalue weighted by atomic mass is 35.5. The normalized spacial score (nSPS) is 11.9. The maximum atomic E-state index is 12.2. The Labute approximate surface area is 123 Å². The van der Waals surface area contributed by atoms with Crippen LogP contribution < -0.4 is 5.32 Å². The van der Waals surface area contributed by atoms with Crippen LogP contribution in [-0.2, 0) is 0 Å². The molecule has 20 heavy (non-hydrogen) atoms. The number of aromatic hydroxyl groups is 1. The van der Waals surface area contributed by atoms with Crippen LogP contribution >= 0.6 is 11.6 Å². The number of rotatable bonds is 3. The molecule has 0 spiro atoms. The Bertz CT molecular complexity index is 640. The zero-order valence-corrected chi connectivity index (χ0v) is 12.1. The van der Waals surface area contributed by atoms with Crippen molar-refractivity contribution in [2.45, 2.75) is 19.9 Å². The zero-order chi connectivity index (χ0) is 14.7. The predicted octanol–water partition coefficient (Wildman–Crippen LogP) is 3.85. The lowest BCUT2D eigenvalue weighted by atomic mass is 10.1. The summed E-state index contributed by atoms with van der Waals surface area (Å²) in [7, 11) is 0. The number of carbonyl (C=O) groups excluding carboxylic acids is 1. The highest BCUT2D eigenvalue weighted by Gasteiger charge is 2.16. The molecule has 2 aromatic rings. The molecule has 0 radical (unpaired) electrons. The van der Waals surface area contributed by atoms with Crippen LogP contribution in [0.25, 0.3) is 0 Å². The van der Waals surface area contributed by atoms with Gasteiger partial charge < -0.3 is 10.4 Å². The number of benzene rings is 2. The lowest BCUT2D eigenvalue weighted by molar-refractivity contribution is 0.0937. The van der Waals surface area contributed by atoms with Crippen molar-refractivity contribution in [3.63, 3.8) is 0 Å². The van der Waals surface area contributed by atoms with Gasteiger partial charge in [0.15, 0.2) is 0 Å². The van der Waals surface area contributed by atoms with E-state index in [1.807, 2.05) is 32.0 Å². The van der Waals surface area contributed by atoms with Crippen molar-refractivity contribution in [1.29, 1.82) is 0 Å². The van der Waals surface area contributed by atoms with Gasteiger partial charge in [0.1, 0.15) is 5.75 Å². The fraction of sp³-hybridized carbons (Fsp3) is 0.188. The second kappa shape index (κ2) is 5.97. The van der Waals surface area contributed by atoms with Crippen LogP contribution in [0.15, 0.2) is 42.5 Å². The number of hydrogen-bond donors (Lipinski definition) is 2. The molecule has 0 saturated heterocycles. The standard InChI is InChI=1S/C16H16ClNO2/c1-10-7-8-13(15(19)9-10)16(20)18-11(2)12-5-3-4-6-14(12)17/h3-9,11,19H,1-2H3,(H,18,20). The maximum Gasteiger partial charge on any atom is 0.255 e. The van der Waals surface area contributed by atoms with Gasteiger partial charge in [-0.15, -0.1) is 0 Å². The molecule has 0 aliphatic carbocycles. The molecule has 0 heterocycles. The average Bonchev–Trinajstić information content (AvgIpc) is 2.38. The number of phenolic OH excluding ortho intramolecular Hbond substituents is 1. The summed E-state index contributed by atoms with van der Waals surface area (Å²) >= 11 is 6.10. The number of amides is 1. The van der Waals surface area contributed by atoms with Crippen LogP contribution in [0, 0.1) is 6.92 Å². The Morgan fingerprint density at radius 3 is 2.60 bits per heavy atom. The quantitative estimate of drug-likeness (QED) is 0.902. The number of nitrogens with one attached hydrogen (secondary N) is 1. The van der Waals surface area contributed by atoms with E-state index in [0.717, 1.165) is 11.1 Å². The Kier molecular flexibility index (Phi) is 4.30. The molecule has 2 N–H and O–H groups in total. The summed E-state index contributed by atoms with van der Waals surface area (Å²) in [5, 5.41) is 13.2. The van der Waals surface area contributed by atoms with Crippen LogP contribution in [0.4, 0.5) is 0 Å². The summed E-state index contributed by atoms with van der Waals surface area (Å²) in [6.45, 7) is 3.71. The van der Waals surface area contributed by atoms with Crippen molar-refractivity contribution < 1.29 is 9.90 Å². The molecule has 3 nitrogen and oxygen atoms in total. The largest absolute Gasteiger partial charge is 0.507 e. The predicted molar refractivity (Wildman–Crippen MR) is 80.2 cm³/mol. The van der Waals surface area contributed by atoms with Gasteiger partial charge in [-0.25, -0.2) is 0 Å². The van der Waals surface area contributed by atoms with E-state index in [1.54, 1.807) is 24.3 Å². The number of phenols is 1. The SMILES string of the molecule is Cc1ccc(C(=O)NC(C)c2ccccc2Cl)c(O)c1. The van der Waals surface area contributed by atoms with Crippen molar-refractivity contribution in [2.75, 3.05) is 0 Å². The molecule has 0 saturated carbocycles. The highest BCUT2D eigenvalue weighted by molar-refractivity contribution is 6.31. The van der Waals surface area contributed by atoms with Gasteiger partial charge in [-0.05, 0) is 43.2 Å². The van der Waals surface area contributed by atoms with Gasteiger partial charge in [-0.3, -0.25) is 4.79 Å². The summed E-state index contributed by atoms with van der Waals surface area (Å²) in [4.78, 5) is 12.2. The number of carbonyl (C=O) groups is 1. The fourth-order valence-corrected chi connectivity index (χ4v) is 2.31. The molecular formula is C16H16ClNO2. The Hall–Kier alpha value is -2.00. The van der Waals surface area contributed by atoms with Gasteiger partial charge in [0.05, 0.1) is 11.6 Å². The van der Waals surface area contributed by atoms with Crippen molar-refractivity contribution in [2.24, 2.45) is 0 Å². The number of aryl methyl sites for hydroxylation is 1. The van der Waals surface area contributed by atoms with E-state index in [9.17, 15) is 9.90 Å². The van der Waals surface area contributed by atoms with Gasteiger partial charge in [-0.2, -0.15) is 0 Å². The molecule has 2 aromatic carbocycles. The van der Waals surface area contributed by atoms with Gasteiger partial charge in [0.25, 0.3) is 5.91 Å². The van der Waals surface area contributed by atoms with Crippen molar-refractivity contribution in [3.8, 4) is 5.75 Å². The third kappa shape index (κ3) is 3.11. The van der Waals surface area contributed by atoms with Crippen LogP contribution in [0.3, 0.4) is 0 Å². The first-order chi connectivity index (χ1) is 9.49. The first-order valence-corrected chi connectivity index (χ1v) is 6.71. The van der Waals surface area contributed by atoms with E-state index in [-0.39, 0.29) is 23.3 Å². The minimum Gasteiger partial charge on any atom is -0.507 e. The van der Waals surface area contributed by atoms with Gasteiger partial charge in [0, 0.05) is 5.02 Å². The second-order valence-electron chi connectivity index (χ2n) is 4.74. The molecule has 1 atom stereocenters. The minimum absolute atomic E-state index is 0.0196. The molecule has 0 bridgehead atoms. The molecule has 104 valence electrons. The molecule has 4 heteroatoms. The van der Waals surface area contributed by atoms with Crippen LogP contribution in [-0.4, -0.2) is 11.0 Å².